The van der Waals surface area contributed by atoms with E-state index in [4.69, 9.17) is 23.2 Å². The lowest BCUT2D eigenvalue weighted by Crippen LogP contribution is -1.93. The minimum Gasteiger partial charge on any atom is -0.215 e. The molecule has 2 aromatic rings. The van der Waals surface area contributed by atoms with E-state index >= 15 is 0 Å². The molecular weight excluding hydrogens is 349 g/mol. The summed E-state index contributed by atoms with van der Waals surface area (Å²) in [6.07, 6.45) is -2.55. The zero-order chi connectivity index (χ0) is 13.3. The lowest BCUT2D eigenvalue weighted by molar-refractivity contribution is 0.151. The largest absolute Gasteiger partial charge is 0.263 e. The molecule has 1 aromatic heterocycles. The number of nitrogens with zero attached hydrogens (tertiary/aromatic N) is 2. The maximum Gasteiger partial charge on any atom is 0.263 e. The Morgan fingerprint density at radius 2 is 1.72 bits per heavy atom. The van der Waals surface area contributed by atoms with Gasteiger partial charge in [-0.2, -0.15) is 0 Å². The SMILES string of the molecule is FC(F)c1cccc(-c2nc(Cl)c(Br)c(Cl)n2)c1. The van der Waals surface area contributed by atoms with E-state index in [1.165, 1.54) is 18.2 Å². The van der Waals surface area contributed by atoms with Crippen LogP contribution in [0, 0.1) is 0 Å². The molecule has 7 heteroatoms. The first-order valence-electron chi connectivity index (χ1n) is 4.76. The predicted octanol–water partition coefficient (Wildman–Crippen LogP) is 5.15. The first-order valence-corrected chi connectivity index (χ1v) is 6.31. The van der Waals surface area contributed by atoms with Gasteiger partial charge in [-0.1, -0.05) is 41.4 Å². The summed E-state index contributed by atoms with van der Waals surface area (Å²) < 4.78 is 25.5. The van der Waals surface area contributed by atoms with Crippen LogP contribution in [0.1, 0.15) is 12.0 Å². The van der Waals surface area contributed by atoms with Crippen molar-refractivity contribution in [2.45, 2.75) is 6.43 Å². The second-order valence-corrected chi connectivity index (χ2v) is 4.88. The van der Waals surface area contributed by atoms with Crippen LogP contribution in [0.25, 0.3) is 11.4 Å². The van der Waals surface area contributed by atoms with Crippen LogP contribution in [-0.4, -0.2) is 9.97 Å². The van der Waals surface area contributed by atoms with Gasteiger partial charge in [0.15, 0.2) is 5.82 Å². The maximum absolute atomic E-state index is 12.6. The topological polar surface area (TPSA) is 25.8 Å². The van der Waals surface area contributed by atoms with Crippen molar-refractivity contribution in [3.05, 3.63) is 44.6 Å². The molecule has 0 aliphatic heterocycles. The van der Waals surface area contributed by atoms with Gasteiger partial charge in [0.05, 0.1) is 4.47 Å². The fraction of sp³-hybridized carbons (Fsp3) is 0.0909. The summed E-state index contributed by atoms with van der Waals surface area (Å²) in [5, 5.41) is 0.264. The summed E-state index contributed by atoms with van der Waals surface area (Å²) in [4.78, 5) is 7.96. The average Bonchev–Trinajstić information content (AvgIpc) is 2.35. The van der Waals surface area contributed by atoms with Crippen LogP contribution in [0.3, 0.4) is 0 Å². The van der Waals surface area contributed by atoms with Crippen LogP contribution in [0.2, 0.25) is 10.3 Å². The summed E-state index contributed by atoms with van der Waals surface area (Å²) in [6.45, 7) is 0. The molecule has 2 nitrogen and oxygen atoms in total. The summed E-state index contributed by atoms with van der Waals surface area (Å²) in [6, 6.07) is 5.75. The molecule has 0 atom stereocenters. The molecule has 0 N–H and O–H groups in total. The monoisotopic (exact) mass is 352 g/mol. The van der Waals surface area contributed by atoms with E-state index < -0.39 is 6.43 Å². The fourth-order valence-electron chi connectivity index (χ4n) is 1.34. The van der Waals surface area contributed by atoms with Crippen LogP contribution >= 0.6 is 39.1 Å². The van der Waals surface area contributed by atoms with E-state index in [2.05, 4.69) is 25.9 Å². The van der Waals surface area contributed by atoms with E-state index in [0.29, 0.717) is 10.0 Å². The van der Waals surface area contributed by atoms with Gasteiger partial charge >= 0.3 is 0 Å². The standard InChI is InChI=1S/C11H5BrCl2F2N2/c12-7-8(13)17-11(18-9(7)14)6-3-1-2-5(4-6)10(15)16/h1-4,10H. The molecule has 0 aliphatic carbocycles. The van der Waals surface area contributed by atoms with Crippen molar-refractivity contribution in [1.82, 2.24) is 9.97 Å². The highest BCUT2D eigenvalue weighted by Gasteiger charge is 2.13. The van der Waals surface area contributed by atoms with Gasteiger partial charge in [-0.3, -0.25) is 0 Å². The first-order chi connectivity index (χ1) is 8.49. The Morgan fingerprint density at radius 1 is 1.11 bits per heavy atom. The quantitative estimate of drug-likeness (QED) is 0.697. The van der Waals surface area contributed by atoms with Gasteiger partial charge in [0, 0.05) is 11.1 Å². The molecule has 0 unspecified atom stereocenters. The van der Waals surface area contributed by atoms with Gasteiger partial charge in [-0.25, -0.2) is 18.7 Å². The number of hydrogen-bond acceptors (Lipinski definition) is 2. The van der Waals surface area contributed by atoms with E-state index in [-0.39, 0.29) is 21.7 Å². The van der Waals surface area contributed by atoms with Gasteiger partial charge < -0.3 is 0 Å². The third-order valence-electron chi connectivity index (χ3n) is 2.17. The van der Waals surface area contributed by atoms with Crippen LogP contribution in [0.15, 0.2) is 28.7 Å². The van der Waals surface area contributed by atoms with Crippen LogP contribution in [-0.2, 0) is 0 Å². The van der Waals surface area contributed by atoms with Crippen molar-refractivity contribution >= 4 is 39.1 Å². The molecule has 0 radical (unpaired) electrons. The lowest BCUT2D eigenvalue weighted by atomic mass is 10.1. The molecule has 0 spiro atoms. The van der Waals surface area contributed by atoms with E-state index in [0.717, 1.165) is 0 Å². The molecule has 1 heterocycles. The molecule has 0 aliphatic rings. The summed E-state index contributed by atoms with van der Waals surface area (Å²) in [5.74, 6) is 0.204. The van der Waals surface area contributed by atoms with Crippen molar-refractivity contribution in [2.75, 3.05) is 0 Å². The first kappa shape index (κ1) is 13.6. The number of rotatable bonds is 2. The maximum atomic E-state index is 12.6. The highest BCUT2D eigenvalue weighted by atomic mass is 79.9. The Kier molecular flexibility index (Phi) is 4.14. The number of hydrogen-bond donors (Lipinski definition) is 0. The summed E-state index contributed by atoms with van der Waals surface area (Å²) in [7, 11) is 0. The Morgan fingerprint density at radius 3 is 2.28 bits per heavy atom. The Hall–Kier alpha value is -0.780. The minimum absolute atomic E-state index is 0.105. The van der Waals surface area contributed by atoms with Gasteiger partial charge in [-0.15, -0.1) is 0 Å². The number of alkyl halides is 2. The van der Waals surface area contributed by atoms with Crippen LogP contribution in [0.5, 0.6) is 0 Å². The Balaban J connectivity index is 2.52. The minimum atomic E-state index is -2.55. The smallest absolute Gasteiger partial charge is 0.215 e. The zero-order valence-electron chi connectivity index (χ0n) is 8.67. The van der Waals surface area contributed by atoms with Gasteiger partial charge in [-0.05, 0) is 22.0 Å². The second-order valence-electron chi connectivity index (χ2n) is 3.37. The molecule has 18 heavy (non-hydrogen) atoms. The Labute approximate surface area is 120 Å². The molecule has 94 valence electrons. The third-order valence-corrected chi connectivity index (χ3v) is 3.92. The molecule has 2 rings (SSSR count). The summed E-state index contributed by atoms with van der Waals surface area (Å²) in [5.41, 5.74) is 0.329. The highest BCUT2D eigenvalue weighted by molar-refractivity contribution is 9.10. The predicted molar refractivity (Wildman–Crippen MR) is 70.1 cm³/mol. The number of halogens is 5. The van der Waals surface area contributed by atoms with E-state index in [1.54, 1.807) is 6.07 Å². The lowest BCUT2D eigenvalue weighted by Gasteiger charge is -2.05. The van der Waals surface area contributed by atoms with E-state index in [1.807, 2.05) is 0 Å². The number of aromatic nitrogens is 2. The van der Waals surface area contributed by atoms with Crippen LogP contribution < -0.4 is 0 Å². The highest BCUT2D eigenvalue weighted by Crippen LogP contribution is 2.31. The van der Waals surface area contributed by atoms with Crippen molar-refractivity contribution in [1.29, 1.82) is 0 Å². The molecule has 0 fully saturated rings. The summed E-state index contributed by atoms with van der Waals surface area (Å²) >= 11 is 14.8. The Bertz CT molecular complexity index is 570. The average molecular weight is 354 g/mol. The van der Waals surface area contributed by atoms with E-state index in [9.17, 15) is 8.78 Å². The molecule has 0 saturated carbocycles. The third kappa shape index (κ3) is 2.79. The van der Waals surface area contributed by atoms with Crippen molar-refractivity contribution < 1.29 is 8.78 Å². The molecule has 0 saturated heterocycles. The van der Waals surface area contributed by atoms with Crippen molar-refractivity contribution in [3.63, 3.8) is 0 Å². The second kappa shape index (κ2) is 5.47. The van der Waals surface area contributed by atoms with Crippen molar-refractivity contribution in [2.24, 2.45) is 0 Å². The molecule has 0 amide bonds. The zero-order valence-corrected chi connectivity index (χ0v) is 11.8. The number of benzene rings is 1. The molecule has 1 aromatic carbocycles. The normalized spacial score (nSPS) is 11.0. The van der Waals surface area contributed by atoms with Gasteiger partial charge in [0.2, 0.25) is 0 Å². The molecular formula is C11H5BrCl2F2N2. The van der Waals surface area contributed by atoms with Crippen molar-refractivity contribution in [3.8, 4) is 11.4 Å². The van der Waals surface area contributed by atoms with Gasteiger partial charge in [0.25, 0.3) is 6.43 Å². The van der Waals surface area contributed by atoms with Gasteiger partial charge in [0.1, 0.15) is 10.3 Å². The molecule has 0 bridgehead atoms. The fourth-order valence-corrected chi connectivity index (χ4v) is 1.90. The van der Waals surface area contributed by atoms with Crippen LogP contribution in [0.4, 0.5) is 8.78 Å².